The maximum absolute atomic E-state index is 11.5. The van der Waals surface area contributed by atoms with E-state index in [0.717, 1.165) is 42.6 Å². The second kappa shape index (κ2) is 11.3. The van der Waals surface area contributed by atoms with Gasteiger partial charge in [0.1, 0.15) is 19.0 Å². The van der Waals surface area contributed by atoms with Crippen LogP contribution in [-0.2, 0) is 22.4 Å². The average Bonchev–Trinajstić information content (AvgIpc) is 2.70. The first-order chi connectivity index (χ1) is 13.5. The number of aryl methyl sites for hydroxylation is 2. The van der Waals surface area contributed by atoms with Crippen LogP contribution in [0.3, 0.4) is 0 Å². The quantitative estimate of drug-likeness (QED) is 0.347. The smallest absolute Gasteiger partial charge is 0.333 e. The summed E-state index contributed by atoms with van der Waals surface area (Å²) < 4.78 is 11.1. The van der Waals surface area contributed by atoms with Gasteiger partial charge in [-0.3, -0.25) is 0 Å². The van der Waals surface area contributed by atoms with Gasteiger partial charge in [-0.15, -0.1) is 0 Å². The summed E-state index contributed by atoms with van der Waals surface area (Å²) in [7, 11) is 0. The molecular formula is C24H30O4. The lowest BCUT2D eigenvalue weighted by Gasteiger charge is -2.14. The Hall–Kier alpha value is -2.59. The largest absolute Gasteiger partial charge is 0.489 e. The minimum absolute atomic E-state index is 0.184. The van der Waals surface area contributed by atoms with Crippen LogP contribution in [0.4, 0.5) is 0 Å². The van der Waals surface area contributed by atoms with E-state index in [9.17, 15) is 4.79 Å². The van der Waals surface area contributed by atoms with Gasteiger partial charge in [0.05, 0.1) is 0 Å². The zero-order valence-corrected chi connectivity index (χ0v) is 16.9. The van der Waals surface area contributed by atoms with E-state index < -0.39 is 5.97 Å². The van der Waals surface area contributed by atoms with Crippen LogP contribution in [0.5, 0.6) is 5.75 Å². The molecule has 0 aromatic heterocycles. The Bertz CT molecular complexity index is 778. The fraction of sp³-hybridized carbons (Fsp3) is 0.375. The number of hydrogen-bond donors (Lipinski definition) is 1. The summed E-state index contributed by atoms with van der Waals surface area (Å²) in [4.78, 5) is 11.5. The summed E-state index contributed by atoms with van der Waals surface area (Å²) in [5.41, 5.74) is 4.89. The van der Waals surface area contributed by atoms with E-state index in [1.165, 1.54) is 11.1 Å². The van der Waals surface area contributed by atoms with Gasteiger partial charge in [0, 0.05) is 17.7 Å². The molecule has 0 heterocycles. The van der Waals surface area contributed by atoms with Crippen molar-refractivity contribution in [2.75, 3.05) is 19.8 Å². The van der Waals surface area contributed by atoms with E-state index in [4.69, 9.17) is 14.6 Å². The SMILES string of the molecule is C=C(C)C(=O)OCCOc1cc(CCC)ccc1-c1ccc(CCCO)cc1. The summed E-state index contributed by atoms with van der Waals surface area (Å²) in [6.07, 6.45) is 3.68. The van der Waals surface area contributed by atoms with E-state index in [1.54, 1.807) is 6.92 Å². The molecule has 28 heavy (non-hydrogen) atoms. The molecule has 0 radical (unpaired) electrons. The van der Waals surface area contributed by atoms with Crippen LogP contribution in [-0.4, -0.2) is 30.9 Å². The van der Waals surface area contributed by atoms with Crippen LogP contribution in [0, 0.1) is 0 Å². The molecule has 0 saturated heterocycles. The maximum Gasteiger partial charge on any atom is 0.333 e. The highest BCUT2D eigenvalue weighted by Crippen LogP contribution is 2.32. The normalized spacial score (nSPS) is 10.5. The molecule has 4 heteroatoms. The molecule has 150 valence electrons. The summed E-state index contributed by atoms with van der Waals surface area (Å²) in [6.45, 7) is 8.02. The third kappa shape index (κ3) is 6.54. The summed E-state index contributed by atoms with van der Waals surface area (Å²) in [6, 6.07) is 14.6. The molecule has 0 atom stereocenters. The highest BCUT2D eigenvalue weighted by molar-refractivity contribution is 5.86. The molecule has 0 aliphatic carbocycles. The standard InChI is InChI=1S/C24H30O4/c1-4-6-20-10-13-22(21-11-8-19(9-12-21)7-5-14-25)23(17-20)27-15-16-28-24(26)18(2)3/h8-13,17,25H,2,4-7,14-16H2,1,3H3. The Kier molecular flexibility index (Phi) is 8.76. The summed E-state index contributed by atoms with van der Waals surface area (Å²) in [5.74, 6) is 0.391. The van der Waals surface area contributed by atoms with Crippen molar-refractivity contribution in [3.8, 4) is 16.9 Å². The van der Waals surface area contributed by atoms with Crippen molar-refractivity contribution in [2.24, 2.45) is 0 Å². The molecule has 0 fully saturated rings. The highest BCUT2D eigenvalue weighted by Gasteiger charge is 2.09. The third-order valence-electron chi connectivity index (χ3n) is 4.40. The highest BCUT2D eigenvalue weighted by atomic mass is 16.6. The number of carbonyl (C=O) groups excluding carboxylic acids is 1. The minimum atomic E-state index is -0.401. The van der Waals surface area contributed by atoms with Gasteiger partial charge in [-0.25, -0.2) is 4.79 Å². The Labute approximate surface area is 167 Å². The third-order valence-corrected chi connectivity index (χ3v) is 4.40. The van der Waals surface area contributed by atoms with Crippen molar-refractivity contribution in [3.63, 3.8) is 0 Å². The van der Waals surface area contributed by atoms with Crippen LogP contribution >= 0.6 is 0 Å². The van der Waals surface area contributed by atoms with Gasteiger partial charge in [-0.2, -0.15) is 0 Å². The molecule has 0 aliphatic heterocycles. The minimum Gasteiger partial charge on any atom is -0.489 e. The maximum atomic E-state index is 11.5. The number of carbonyl (C=O) groups is 1. The molecule has 0 saturated carbocycles. The number of rotatable bonds is 11. The van der Waals surface area contributed by atoms with Crippen molar-refractivity contribution in [1.29, 1.82) is 0 Å². The monoisotopic (exact) mass is 382 g/mol. The molecule has 0 unspecified atom stereocenters. The average molecular weight is 383 g/mol. The number of ether oxygens (including phenoxy) is 2. The molecular weight excluding hydrogens is 352 g/mol. The number of esters is 1. The van der Waals surface area contributed by atoms with E-state index in [2.05, 4.69) is 56.0 Å². The summed E-state index contributed by atoms with van der Waals surface area (Å²) in [5, 5.41) is 8.98. The molecule has 2 aromatic rings. The van der Waals surface area contributed by atoms with Gasteiger partial charge in [0.15, 0.2) is 0 Å². The number of aliphatic hydroxyl groups excluding tert-OH is 1. The Morgan fingerprint density at radius 2 is 1.75 bits per heavy atom. The lowest BCUT2D eigenvalue weighted by molar-refractivity contribution is -0.139. The molecule has 1 N–H and O–H groups in total. The predicted octanol–water partition coefficient (Wildman–Crippen LogP) is 4.73. The van der Waals surface area contributed by atoms with Crippen molar-refractivity contribution in [2.45, 2.75) is 39.5 Å². The predicted molar refractivity (Wildman–Crippen MR) is 113 cm³/mol. The van der Waals surface area contributed by atoms with Gasteiger partial charge in [-0.05, 0) is 48.9 Å². The molecule has 0 aliphatic rings. The fourth-order valence-electron chi connectivity index (χ4n) is 2.91. The number of hydrogen-bond acceptors (Lipinski definition) is 4. The van der Waals surface area contributed by atoms with Gasteiger partial charge in [0.25, 0.3) is 0 Å². The second-order valence-electron chi connectivity index (χ2n) is 6.87. The second-order valence-corrected chi connectivity index (χ2v) is 6.87. The zero-order valence-electron chi connectivity index (χ0n) is 16.9. The van der Waals surface area contributed by atoms with Gasteiger partial charge in [-0.1, -0.05) is 56.3 Å². The lowest BCUT2D eigenvalue weighted by atomic mass is 9.99. The van der Waals surface area contributed by atoms with Crippen LogP contribution in [0.1, 0.15) is 37.8 Å². The molecule has 0 spiro atoms. The zero-order chi connectivity index (χ0) is 20.4. The van der Waals surface area contributed by atoms with Crippen molar-refractivity contribution >= 4 is 5.97 Å². The molecule has 0 amide bonds. The van der Waals surface area contributed by atoms with Crippen LogP contribution in [0.2, 0.25) is 0 Å². The van der Waals surface area contributed by atoms with E-state index in [-0.39, 0.29) is 19.8 Å². The van der Waals surface area contributed by atoms with E-state index in [0.29, 0.717) is 5.57 Å². The molecule has 4 nitrogen and oxygen atoms in total. The molecule has 2 rings (SSSR count). The molecule has 2 aromatic carbocycles. The fourth-order valence-corrected chi connectivity index (χ4v) is 2.91. The Morgan fingerprint density at radius 1 is 1.04 bits per heavy atom. The van der Waals surface area contributed by atoms with Crippen molar-refractivity contribution in [1.82, 2.24) is 0 Å². The van der Waals surface area contributed by atoms with Gasteiger partial charge < -0.3 is 14.6 Å². The number of benzene rings is 2. The van der Waals surface area contributed by atoms with Crippen LogP contribution < -0.4 is 4.74 Å². The lowest BCUT2D eigenvalue weighted by Crippen LogP contribution is -2.12. The number of aliphatic hydroxyl groups is 1. The van der Waals surface area contributed by atoms with Crippen molar-refractivity contribution in [3.05, 3.63) is 65.7 Å². The molecule has 0 bridgehead atoms. The first kappa shape index (κ1) is 21.7. The van der Waals surface area contributed by atoms with Gasteiger partial charge >= 0.3 is 5.97 Å². The Morgan fingerprint density at radius 3 is 2.39 bits per heavy atom. The van der Waals surface area contributed by atoms with Gasteiger partial charge in [0.2, 0.25) is 0 Å². The van der Waals surface area contributed by atoms with Crippen LogP contribution in [0.15, 0.2) is 54.6 Å². The van der Waals surface area contributed by atoms with Crippen LogP contribution in [0.25, 0.3) is 11.1 Å². The summed E-state index contributed by atoms with van der Waals surface area (Å²) >= 11 is 0. The first-order valence-corrected chi connectivity index (χ1v) is 9.83. The topological polar surface area (TPSA) is 55.8 Å². The van der Waals surface area contributed by atoms with E-state index >= 15 is 0 Å². The Balaban J connectivity index is 2.13. The first-order valence-electron chi connectivity index (χ1n) is 9.83. The van der Waals surface area contributed by atoms with E-state index in [1.807, 2.05) is 0 Å². The van der Waals surface area contributed by atoms with Crippen molar-refractivity contribution < 1.29 is 19.4 Å².